The molecular formula is C57H42N6. The van der Waals surface area contributed by atoms with Crippen molar-refractivity contribution < 1.29 is 0 Å². The zero-order chi connectivity index (χ0) is 42.9. The lowest BCUT2D eigenvalue weighted by atomic mass is 9.74. The standard InChI is InChI=1S/C57H42N6/c1-57(2)33-37(31-43(34-57)44(35-58)36-59)23-24-42-32-51-54(40-19-11-5-12-20-40)49-28-27-47(61-49)52(38-15-7-3-8-16-38)45-25-26-46(60-45)53(39-17-9-4-10-18-39)48-29-30-50(62-48)55(56(42)63-51)41-21-13-6-14-22-41/h3-32,61-62H,33-34H2,1-2H3/b24-23+,52-45?,52-47?,53-46?,53-48?,54-49?,54-51?,55-50?,56-55?. The van der Waals surface area contributed by atoms with E-state index < -0.39 is 0 Å². The molecule has 2 aliphatic heterocycles. The number of hydrogen-bond donors (Lipinski definition) is 2. The normalized spacial score (nSPS) is 14.2. The average Bonchev–Trinajstić information content (AvgIpc) is 4.15. The fourth-order valence-corrected chi connectivity index (χ4v) is 9.16. The molecular weight excluding hydrogens is 769 g/mol. The Morgan fingerprint density at radius 3 is 1.40 bits per heavy atom. The largest absolute Gasteiger partial charge is 0.354 e. The van der Waals surface area contributed by atoms with Crippen LogP contribution in [0.3, 0.4) is 0 Å². The van der Waals surface area contributed by atoms with Gasteiger partial charge in [-0.2, -0.15) is 10.5 Å². The van der Waals surface area contributed by atoms with Crippen molar-refractivity contribution in [2.45, 2.75) is 26.7 Å². The Bertz CT molecular complexity index is 3330. The van der Waals surface area contributed by atoms with E-state index in [0.29, 0.717) is 6.42 Å². The Labute approximate surface area is 366 Å². The number of nitrogens with one attached hydrogen (secondary N) is 2. The summed E-state index contributed by atoms with van der Waals surface area (Å²) in [7, 11) is 0. The van der Waals surface area contributed by atoms with E-state index in [0.717, 1.165) is 112 Å². The molecule has 63 heavy (non-hydrogen) atoms. The van der Waals surface area contributed by atoms with Gasteiger partial charge in [-0.1, -0.05) is 153 Å². The smallest absolute Gasteiger partial charge is 0.132 e. The van der Waals surface area contributed by atoms with Crippen molar-refractivity contribution in [3.05, 3.63) is 203 Å². The van der Waals surface area contributed by atoms with Crippen molar-refractivity contribution in [1.82, 2.24) is 19.9 Å². The number of rotatable bonds is 6. The van der Waals surface area contributed by atoms with Crippen molar-refractivity contribution in [1.29, 1.82) is 10.5 Å². The van der Waals surface area contributed by atoms with Gasteiger partial charge in [-0.15, -0.1) is 0 Å². The predicted molar refractivity (Wildman–Crippen MR) is 258 cm³/mol. The molecule has 0 saturated heterocycles. The molecule has 0 spiro atoms. The molecule has 0 unspecified atom stereocenters. The van der Waals surface area contributed by atoms with Crippen molar-refractivity contribution >= 4 is 45.9 Å². The van der Waals surface area contributed by atoms with E-state index in [1.807, 2.05) is 30.3 Å². The van der Waals surface area contributed by atoms with Crippen LogP contribution in [0, 0.1) is 28.1 Å². The van der Waals surface area contributed by atoms with Crippen LogP contribution in [0.2, 0.25) is 0 Å². The summed E-state index contributed by atoms with van der Waals surface area (Å²) in [6.07, 6.45) is 14.2. The molecule has 3 aromatic heterocycles. The number of nitrogens with zero attached hydrogens (tertiary/aromatic N) is 4. The van der Waals surface area contributed by atoms with Gasteiger partial charge in [-0.25, -0.2) is 9.97 Å². The maximum Gasteiger partial charge on any atom is 0.132 e. The molecule has 3 aliphatic rings. The van der Waals surface area contributed by atoms with E-state index in [-0.39, 0.29) is 11.0 Å². The molecule has 0 radical (unpaired) electrons. The number of H-pyrrole nitrogens is 2. The molecule has 7 aromatic rings. The van der Waals surface area contributed by atoms with Gasteiger partial charge in [0.05, 0.1) is 22.8 Å². The molecule has 6 heteroatoms. The molecule has 10 rings (SSSR count). The summed E-state index contributed by atoms with van der Waals surface area (Å²) in [6, 6.07) is 54.6. The maximum atomic E-state index is 9.83. The third-order valence-corrected chi connectivity index (χ3v) is 11.9. The fourth-order valence-electron chi connectivity index (χ4n) is 9.16. The van der Waals surface area contributed by atoms with Crippen LogP contribution < -0.4 is 0 Å². The molecule has 2 N–H and O–H groups in total. The molecule has 8 bridgehead atoms. The topological polar surface area (TPSA) is 105 Å². The summed E-state index contributed by atoms with van der Waals surface area (Å²) in [6.45, 7) is 4.38. The molecule has 300 valence electrons. The Hall–Kier alpha value is -8.32. The minimum atomic E-state index is -0.133. The van der Waals surface area contributed by atoms with Crippen molar-refractivity contribution in [2.24, 2.45) is 5.41 Å². The predicted octanol–water partition coefficient (Wildman–Crippen LogP) is 14.3. The van der Waals surface area contributed by atoms with Crippen LogP contribution in [0.25, 0.3) is 90.4 Å². The molecule has 6 nitrogen and oxygen atoms in total. The first-order chi connectivity index (χ1) is 30.9. The minimum Gasteiger partial charge on any atom is -0.354 e. The number of allylic oxidation sites excluding steroid dienone is 7. The molecule has 4 aromatic carbocycles. The highest BCUT2D eigenvalue weighted by atomic mass is 14.8. The van der Waals surface area contributed by atoms with E-state index in [1.165, 1.54) is 0 Å². The minimum absolute atomic E-state index is 0.133. The van der Waals surface area contributed by atoms with Crippen LogP contribution in [0.15, 0.2) is 181 Å². The SMILES string of the molecule is CC1(C)CC(/C=C/C2=Cc3nc2c(-c2ccccc2)c2ccc([nH]2)c(-c2ccccc2)c2nc(c(-c4ccccc4)c4ccc([nH]4)c3-c3ccccc3)C=C2)=CC(=C(C#N)C#N)C1. The van der Waals surface area contributed by atoms with Crippen LogP contribution in [-0.4, -0.2) is 19.9 Å². The second kappa shape index (κ2) is 16.3. The number of nitriles is 2. The van der Waals surface area contributed by atoms with Crippen molar-refractivity contribution in [2.75, 3.05) is 0 Å². The third-order valence-electron chi connectivity index (χ3n) is 11.9. The van der Waals surface area contributed by atoms with Crippen LogP contribution in [0.5, 0.6) is 0 Å². The Morgan fingerprint density at radius 1 is 0.508 bits per heavy atom. The number of aromatic amines is 2. The zero-order valence-corrected chi connectivity index (χ0v) is 35.0. The summed E-state index contributed by atoms with van der Waals surface area (Å²) >= 11 is 0. The maximum absolute atomic E-state index is 9.83. The van der Waals surface area contributed by atoms with Crippen LogP contribution in [-0.2, 0) is 0 Å². The Balaban J connectivity index is 1.35. The molecule has 0 saturated carbocycles. The van der Waals surface area contributed by atoms with Gasteiger partial charge in [0.15, 0.2) is 0 Å². The van der Waals surface area contributed by atoms with Crippen LogP contribution in [0.4, 0.5) is 0 Å². The van der Waals surface area contributed by atoms with Gasteiger partial charge in [0.25, 0.3) is 0 Å². The Kier molecular flexibility index (Phi) is 10.0. The molecule has 5 heterocycles. The lowest BCUT2D eigenvalue weighted by Gasteiger charge is -2.30. The summed E-state index contributed by atoms with van der Waals surface area (Å²) < 4.78 is 0. The number of benzene rings is 4. The van der Waals surface area contributed by atoms with Crippen molar-refractivity contribution in [3.63, 3.8) is 0 Å². The second-order valence-electron chi connectivity index (χ2n) is 16.9. The van der Waals surface area contributed by atoms with Gasteiger partial charge >= 0.3 is 0 Å². The number of hydrogen-bond acceptors (Lipinski definition) is 4. The van der Waals surface area contributed by atoms with E-state index in [9.17, 15) is 10.5 Å². The molecule has 0 atom stereocenters. The van der Waals surface area contributed by atoms with Gasteiger partial charge < -0.3 is 9.97 Å². The fraction of sp³-hybridized carbons (Fsp3) is 0.0877. The highest BCUT2D eigenvalue weighted by Gasteiger charge is 2.27. The highest BCUT2D eigenvalue weighted by molar-refractivity contribution is 6.04. The first-order valence-electron chi connectivity index (χ1n) is 21.2. The van der Waals surface area contributed by atoms with E-state index in [1.54, 1.807) is 0 Å². The molecule has 0 fully saturated rings. The van der Waals surface area contributed by atoms with E-state index in [2.05, 4.69) is 188 Å². The van der Waals surface area contributed by atoms with E-state index >= 15 is 0 Å². The van der Waals surface area contributed by atoms with Gasteiger partial charge in [0.2, 0.25) is 0 Å². The number of fused-ring (bicyclic) bond motifs is 8. The first kappa shape index (κ1) is 38.9. The molecule has 0 amide bonds. The quantitative estimate of drug-likeness (QED) is 0.163. The highest BCUT2D eigenvalue weighted by Crippen LogP contribution is 2.43. The monoisotopic (exact) mass is 810 g/mol. The van der Waals surface area contributed by atoms with Gasteiger partial charge in [0.1, 0.15) is 17.7 Å². The summed E-state index contributed by atoms with van der Waals surface area (Å²) in [5, 5.41) is 19.7. The summed E-state index contributed by atoms with van der Waals surface area (Å²) in [5.41, 5.74) is 17.9. The van der Waals surface area contributed by atoms with Gasteiger partial charge in [0, 0.05) is 49.9 Å². The lowest BCUT2D eigenvalue weighted by molar-refractivity contribution is 0.354. The first-order valence-corrected chi connectivity index (χ1v) is 21.2. The molecule has 1 aliphatic carbocycles. The van der Waals surface area contributed by atoms with Crippen molar-refractivity contribution in [3.8, 4) is 56.6 Å². The third kappa shape index (κ3) is 7.56. The van der Waals surface area contributed by atoms with E-state index in [4.69, 9.17) is 9.97 Å². The number of aromatic nitrogens is 4. The lowest BCUT2D eigenvalue weighted by Crippen LogP contribution is -2.17. The van der Waals surface area contributed by atoms with Gasteiger partial charge in [-0.05, 0) is 94.2 Å². The van der Waals surface area contributed by atoms with Crippen LogP contribution in [0.1, 0.15) is 49.5 Å². The summed E-state index contributed by atoms with van der Waals surface area (Å²) in [5.74, 6) is 0. The van der Waals surface area contributed by atoms with Crippen LogP contribution >= 0.6 is 0 Å². The Morgan fingerprint density at radius 2 is 0.937 bits per heavy atom. The average molecular weight is 811 g/mol. The van der Waals surface area contributed by atoms with Gasteiger partial charge in [-0.3, -0.25) is 0 Å². The zero-order valence-electron chi connectivity index (χ0n) is 35.0. The second-order valence-corrected chi connectivity index (χ2v) is 16.9. The summed E-state index contributed by atoms with van der Waals surface area (Å²) in [4.78, 5) is 18.8.